The summed E-state index contributed by atoms with van der Waals surface area (Å²) in [5.74, 6) is 2.43. The molecule has 0 saturated carbocycles. The molecule has 1 heterocycles. The zero-order valence-electron chi connectivity index (χ0n) is 12.3. The summed E-state index contributed by atoms with van der Waals surface area (Å²) in [7, 11) is 0. The molecule has 0 aromatic heterocycles. The third-order valence-electron chi connectivity index (χ3n) is 4.11. The smallest absolute Gasteiger partial charge is 0.0366 e. The van der Waals surface area contributed by atoms with Crippen molar-refractivity contribution in [3.8, 4) is 0 Å². The van der Waals surface area contributed by atoms with Crippen molar-refractivity contribution >= 4 is 5.69 Å². The molecule has 0 bridgehead atoms. The molecule has 0 amide bonds. The minimum atomic E-state index is 0.743. The van der Waals surface area contributed by atoms with Gasteiger partial charge in [0.1, 0.15) is 0 Å². The van der Waals surface area contributed by atoms with E-state index in [1.807, 2.05) is 0 Å². The second-order valence-electron chi connectivity index (χ2n) is 6.50. The lowest BCUT2D eigenvalue weighted by molar-refractivity contribution is 0.423. The quantitative estimate of drug-likeness (QED) is 0.761. The van der Waals surface area contributed by atoms with Crippen molar-refractivity contribution in [3.05, 3.63) is 29.8 Å². The number of hydrogen-bond donors (Lipinski definition) is 0. The highest BCUT2D eigenvalue weighted by atomic mass is 15.1. The Morgan fingerprint density at radius 3 is 2.28 bits per heavy atom. The Hall–Kier alpha value is -0.980. The zero-order chi connectivity index (χ0) is 13.1. The van der Waals surface area contributed by atoms with Gasteiger partial charge < -0.3 is 4.90 Å². The number of anilines is 1. The molecule has 18 heavy (non-hydrogen) atoms. The number of nitrogens with zero attached hydrogens (tertiary/aromatic N) is 1. The van der Waals surface area contributed by atoms with Gasteiger partial charge in [-0.1, -0.05) is 39.8 Å². The maximum Gasteiger partial charge on any atom is 0.0366 e. The minimum absolute atomic E-state index is 0.743. The van der Waals surface area contributed by atoms with E-state index in [9.17, 15) is 0 Å². The van der Waals surface area contributed by atoms with E-state index >= 15 is 0 Å². The van der Waals surface area contributed by atoms with E-state index in [1.54, 1.807) is 0 Å². The largest absolute Gasteiger partial charge is 0.371 e. The van der Waals surface area contributed by atoms with Crippen LogP contribution in [0.25, 0.3) is 0 Å². The molecule has 1 nitrogen and oxygen atoms in total. The minimum Gasteiger partial charge on any atom is -0.371 e. The molecule has 0 N–H and O–H groups in total. The standard InChI is InChI=1S/C17H27N/c1-13(2)11-15-5-7-17(8-6-15)18-10-9-16(12-18)14(3)4/h5-8,13-14,16H,9-12H2,1-4H3. The summed E-state index contributed by atoms with van der Waals surface area (Å²) in [6.07, 6.45) is 2.54. The molecule has 1 atom stereocenters. The first-order valence-electron chi connectivity index (χ1n) is 7.40. The van der Waals surface area contributed by atoms with Gasteiger partial charge in [-0.3, -0.25) is 0 Å². The molecule has 1 aliphatic rings. The van der Waals surface area contributed by atoms with E-state index in [-0.39, 0.29) is 0 Å². The number of rotatable bonds is 4. The van der Waals surface area contributed by atoms with Crippen molar-refractivity contribution in [2.24, 2.45) is 17.8 Å². The van der Waals surface area contributed by atoms with Crippen molar-refractivity contribution in [2.45, 2.75) is 40.5 Å². The number of hydrogen-bond acceptors (Lipinski definition) is 1. The van der Waals surface area contributed by atoms with Crippen LogP contribution < -0.4 is 4.90 Å². The van der Waals surface area contributed by atoms with Crippen molar-refractivity contribution < 1.29 is 0 Å². The Bertz CT molecular complexity index is 364. The predicted molar refractivity (Wildman–Crippen MR) is 80.1 cm³/mol. The molecule has 1 aromatic carbocycles. The zero-order valence-corrected chi connectivity index (χ0v) is 12.3. The van der Waals surface area contributed by atoms with Gasteiger partial charge in [-0.25, -0.2) is 0 Å². The Balaban J connectivity index is 1.98. The highest BCUT2D eigenvalue weighted by Gasteiger charge is 2.24. The van der Waals surface area contributed by atoms with Gasteiger partial charge in [0.2, 0.25) is 0 Å². The summed E-state index contributed by atoms with van der Waals surface area (Å²) in [6, 6.07) is 9.22. The Morgan fingerprint density at radius 2 is 1.78 bits per heavy atom. The van der Waals surface area contributed by atoms with E-state index in [0.717, 1.165) is 17.8 Å². The fraction of sp³-hybridized carbons (Fsp3) is 0.647. The van der Waals surface area contributed by atoms with Crippen molar-refractivity contribution in [2.75, 3.05) is 18.0 Å². The van der Waals surface area contributed by atoms with Gasteiger partial charge in [0.25, 0.3) is 0 Å². The lowest BCUT2D eigenvalue weighted by Crippen LogP contribution is -2.21. The normalized spacial score (nSPS) is 20.1. The SMILES string of the molecule is CC(C)Cc1ccc(N2CCC(C(C)C)C2)cc1. The third-order valence-corrected chi connectivity index (χ3v) is 4.11. The molecule has 2 rings (SSSR count). The van der Waals surface area contributed by atoms with E-state index in [0.29, 0.717) is 0 Å². The highest BCUT2D eigenvalue weighted by Crippen LogP contribution is 2.28. The molecule has 0 aliphatic carbocycles. The van der Waals surface area contributed by atoms with E-state index < -0.39 is 0 Å². The van der Waals surface area contributed by atoms with Gasteiger partial charge in [0.15, 0.2) is 0 Å². The monoisotopic (exact) mass is 245 g/mol. The lowest BCUT2D eigenvalue weighted by atomic mass is 9.95. The summed E-state index contributed by atoms with van der Waals surface area (Å²) in [6.45, 7) is 11.7. The topological polar surface area (TPSA) is 3.24 Å². The third kappa shape index (κ3) is 3.28. The molecule has 100 valence electrons. The van der Waals surface area contributed by atoms with Crippen LogP contribution in [0, 0.1) is 17.8 Å². The van der Waals surface area contributed by atoms with Crippen LogP contribution in [-0.2, 0) is 6.42 Å². The molecule has 0 radical (unpaired) electrons. The average molecular weight is 245 g/mol. The van der Waals surface area contributed by atoms with Crippen molar-refractivity contribution in [3.63, 3.8) is 0 Å². The Kier molecular flexibility index (Phi) is 4.31. The van der Waals surface area contributed by atoms with Crippen LogP contribution in [0.3, 0.4) is 0 Å². The van der Waals surface area contributed by atoms with Crippen LogP contribution in [0.5, 0.6) is 0 Å². The molecule has 1 fully saturated rings. The molecule has 1 unspecified atom stereocenters. The van der Waals surface area contributed by atoms with Gasteiger partial charge in [0.05, 0.1) is 0 Å². The summed E-state index contributed by atoms with van der Waals surface area (Å²) >= 11 is 0. The van der Waals surface area contributed by atoms with Gasteiger partial charge in [-0.15, -0.1) is 0 Å². The first kappa shape index (κ1) is 13.5. The molecular weight excluding hydrogens is 218 g/mol. The molecule has 1 aliphatic heterocycles. The highest BCUT2D eigenvalue weighted by molar-refractivity contribution is 5.48. The molecular formula is C17H27N. The summed E-state index contributed by atoms with van der Waals surface area (Å²) in [4.78, 5) is 2.55. The molecule has 1 aromatic rings. The molecule has 1 saturated heterocycles. The van der Waals surface area contributed by atoms with Crippen molar-refractivity contribution in [1.29, 1.82) is 0 Å². The summed E-state index contributed by atoms with van der Waals surface area (Å²) in [5, 5.41) is 0. The second kappa shape index (κ2) is 5.77. The van der Waals surface area contributed by atoms with Crippen molar-refractivity contribution in [1.82, 2.24) is 0 Å². The lowest BCUT2D eigenvalue weighted by Gasteiger charge is -2.20. The van der Waals surface area contributed by atoms with Gasteiger partial charge in [0, 0.05) is 18.8 Å². The summed E-state index contributed by atoms with van der Waals surface area (Å²) in [5.41, 5.74) is 2.87. The van der Waals surface area contributed by atoms with Crippen LogP contribution in [0.15, 0.2) is 24.3 Å². The van der Waals surface area contributed by atoms with Crippen LogP contribution >= 0.6 is 0 Å². The van der Waals surface area contributed by atoms with E-state index in [2.05, 4.69) is 56.9 Å². The molecule has 1 heteroatoms. The Labute approximate surface area is 112 Å². The molecule has 0 spiro atoms. The van der Waals surface area contributed by atoms with Crippen LogP contribution in [-0.4, -0.2) is 13.1 Å². The van der Waals surface area contributed by atoms with E-state index in [1.165, 1.54) is 37.2 Å². The first-order chi connectivity index (χ1) is 8.56. The Morgan fingerprint density at radius 1 is 1.11 bits per heavy atom. The van der Waals surface area contributed by atoms with Gasteiger partial charge in [-0.05, 0) is 48.3 Å². The van der Waals surface area contributed by atoms with Gasteiger partial charge in [-0.2, -0.15) is 0 Å². The van der Waals surface area contributed by atoms with Crippen LogP contribution in [0.4, 0.5) is 5.69 Å². The van der Waals surface area contributed by atoms with Gasteiger partial charge >= 0.3 is 0 Å². The van der Waals surface area contributed by atoms with Crippen LogP contribution in [0.1, 0.15) is 39.7 Å². The second-order valence-corrected chi connectivity index (χ2v) is 6.50. The number of benzene rings is 1. The maximum atomic E-state index is 2.55. The predicted octanol–water partition coefficient (Wildman–Crippen LogP) is 4.37. The fourth-order valence-corrected chi connectivity index (χ4v) is 2.88. The van der Waals surface area contributed by atoms with E-state index in [4.69, 9.17) is 0 Å². The first-order valence-corrected chi connectivity index (χ1v) is 7.40. The average Bonchev–Trinajstić information content (AvgIpc) is 2.78. The maximum absolute atomic E-state index is 2.55. The van der Waals surface area contributed by atoms with Crippen LogP contribution in [0.2, 0.25) is 0 Å². The summed E-state index contributed by atoms with van der Waals surface area (Å²) < 4.78 is 0. The fourth-order valence-electron chi connectivity index (χ4n) is 2.88.